The van der Waals surface area contributed by atoms with E-state index in [2.05, 4.69) is 15.6 Å². The van der Waals surface area contributed by atoms with Gasteiger partial charge in [0.1, 0.15) is 5.75 Å². The molecule has 46 heavy (non-hydrogen) atoms. The molecule has 242 valence electrons. The van der Waals surface area contributed by atoms with Gasteiger partial charge >= 0.3 is 0 Å². The SMILES string of the molecule is COc1cc(-c2nccc(-c3cccc(-c4ccc(CNC[C@H]5CCC(=O)N5)c(OC)n4)c3Cl)c2Cl)ccc1CN(C)C[C@@H](C)O. The minimum atomic E-state index is -0.426. The molecule has 1 amide bonds. The second-order valence-corrected chi connectivity index (χ2v) is 12.3. The fraction of sp³-hybridized carbons (Fsp3) is 0.343. The van der Waals surface area contributed by atoms with Gasteiger partial charge in [0.2, 0.25) is 11.8 Å². The van der Waals surface area contributed by atoms with E-state index in [9.17, 15) is 9.90 Å². The van der Waals surface area contributed by atoms with Gasteiger partial charge in [-0.15, -0.1) is 0 Å². The first kappa shape index (κ1) is 33.6. The van der Waals surface area contributed by atoms with Crippen molar-refractivity contribution in [1.82, 2.24) is 25.5 Å². The van der Waals surface area contributed by atoms with Gasteiger partial charge in [0.05, 0.1) is 41.8 Å². The lowest BCUT2D eigenvalue weighted by Crippen LogP contribution is -2.35. The summed E-state index contributed by atoms with van der Waals surface area (Å²) >= 11 is 14.1. The molecule has 9 nitrogen and oxygen atoms in total. The molecule has 0 radical (unpaired) electrons. The van der Waals surface area contributed by atoms with Crippen LogP contribution >= 0.6 is 23.2 Å². The Morgan fingerprint density at radius 3 is 2.52 bits per heavy atom. The fourth-order valence-corrected chi connectivity index (χ4v) is 6.41. The predicted octanol–water partition coefficient (Wildman–Crippen LogP) is 5.98. The van der Waals surface area contributed by atoms with Crippen LogP contribution in [0.5, 0.6) is 11.6 Å². The Morgan fingerprint density at radius 2 is 1.80 bits per heavy atom. The first-order valence-corrected chi connectivity index (χ1v) is 16.0. The summed E-state index contributed by atoms with van der Waals surface area (Å²) in [7, 11) is 5.19. The van der Waals surface area contributed by atoms with E-state index in [0.717, 1.165) is 39.8 Å². The number of aromatic nitrogens is 2. The molecular formula is C35H39Cl2N5O4. The van der Waals surface area contributed by atoms with Gasteiger partial charge < -0.3 is 25.2 Å². The number of halogens is 2. The third-order valence-electron chi connectivity index (χ3n) is 7.95. The maximum atomic E-state index is 11.5. The molecule has 2 aromatic heterocycles. The van der Waals surface area contributed by atoms with Gasteiger partial charge in [0.25, 0.3) is 0 Å². The summed E-state index contributed by atoms with van der Waals surface area (Å²) < 4.78 is 11.3. The Balaban J connectivity index is 1.40. The molecule has 3 heterocycles. The Hall–Kier alpha value is -3.73. The molecule has 0 aliphatic carbocycles. The Morgan fingerprint density at radius 1 is 1.04 bits per heavy atom. The van der Waals surface area contributed by atoms with Gasteiger partial charge in [-0.1, -0.05) is 59.6 Å². The summed E-state index contributed by atoms with van der Waals surface area (Å²) in [6.45, 7) is 4.16. The van der Waals surface area contributed by atoms with Crippen molar-refractivity contribution in [2.75, 3.05) is 34.4 Å². The smallest absolute Gasteiger partial charge is 0.220 e. The van der Waals surface area contributed by atoms with Crippen LogP contribution < -0.4 is 20.1 Å². The average molecular weight is 665 g/mol. The molecule has 4 aromatic rings. The summed E-state index contributed by atoms with van der Waals surface area (Å²) in [5, 5.41) is 17.1. The van der Waals surface area contributed by atoms with Crippen molar-refractivity contribution < 1.29 is 19.4 Å². The van der Waals surface area contributed by atoms with E-state index in [4.69, 9.17) is 37.7 Å². The number of methoxy groups -OCH3 is 2. The Kier molecular flexibility index (Phi) is 11.1. The summed E-state index contributed by atoms with van der Waals surface area (Å²) in [6.07, 6.45) is 2.70. The van der Waals surface area contributed by atoms with E-state index in [0.29, 0.717) is 65.7 Å². The van der Waals surface area contributed by atoms with Gasteiger partial charge in [-0.2, -0.15) is 0 Å². The van der Waals surface area contributed by atoms with Crippen molar-refractivity contribution >= 4 is 29.1 Å². The number of aliphatic hydroxyl groups is 1. The number of hydrogen-bond donors (Lipinski definition) is 3. The van der Waals surface area contributed by atoms with Crippen molar-refractivity contribution in [2.24, 2.45) is 0 Å². The minimum absolute atomic E-state index is 0.0990. The van der Waals surface area contributed by atoms with E-state index in [1.165, 1.54) is 0 Å². The topological polar surface area (TPSA) is 109 Å². The van der Waals surface area contributed by atoms with E-state index in [1.807, 2.05) is 66.5 Å². The maximum absolute atomic E-state index is 11.5. The molecule has 2 atom stereocenters. The van der Waals surface area contributed by atoms with Gasteiger partial charge in [0.15, 0.2) is 0 Å². The monoisotopic (exact) mass is 663 g/mol. The summed E-state index contributed by atoms with van der Waals surface area (Å²) in [5.74, 6) is 1.31. The molecule has 1 aliphatic heterocycles. The van der Waals surface area contributed by atoms with Crippen molar-refractivity contribution in [1.29, 1.82) is 0 Å². The Labute approximate surface area is 279 Å². The number of rotatable bonds is 13. The average Bonchev–Trinajstić information content (AvgIpc) is 3.46. The number of benzene rings is 2. The molecule has 3 N–H and O–H groups in total. The third kappa shape index (κ3) is 7.79. The van der Waals surface area contributed by atoms with Gasteiger partial charge in [0, 0.05) is 78.2 Å². The molecule has 0 bridgehead atoms. The lowest BCUT2D eigenvalue weighted by Gasteiger charge is -2.20. The van der Waals surface area contributed by atoms with Crippen molar-refractivity contribution in [3.8, 4) is 45.3 Å². The zero-order valence-corrected chi connectivity index (χ0v) is 28.0. The highest BCUT2D eigenvalue weighted by molar-refractivity contribution is 6.39. The predicted molar refractivity (Wildman–Crippen MR) is 182 cm³/mol. The molecule has 1 aliphatic rings. The van der Waals surface area contributed by atoms with Crippen LogP contribution in [0.3, 0.4) is 0 Å². The number of carbonyl (C=O) groups is 1. The van der Waals surface area contributed by atoms with Crippen LogP contribution in [0, 0.1) is 0 Å². The van der Waals surface area contributed by atoms with Crippen molar-refractivity contribution in [2.45, 2.75) is 45.0 Å². The van der Waals surface area contributed by atoms with Crippen LogP contribution in [0.1, 0.15) is 30.9 Å². The molecule has 1 saturated heterocycles. The number of carbonyl (C=O) groups excluding carboxylic acids is 1. The van der Waals surface area contributed by atoms with Crippen LogP contribution in [0.15, 0.2) is 60.8 Å². The van der Waals surface area contributed by atoms with Crippen molar-refractivity contribution in [3.05, 3.63) is 82.0 Å². The van der Waals surface area contributed by atoms with Crippen LogP contribution in [0.4, 0.5) is 0 Å². The van der Waals surface area contributed by atoms with E-state index in [1.54, 1.807) is 27.3 Å². The summed E-state index contributed by atoms with van der Waals surface area (Å²) in [6, 6.07) is 17.6. The van der Waals surface area contributed by atoms with Gasteiger partial charge in [-0.3, -0.25) is 14.7 Å². The minimum Gasteiger partial charge on any atom is -0.496 e. The number of aliphatic hydroxyl groups excluding tert-OH is 1. The molecule has 2 aromatic carbocycles. The first-order chi connectivity index (χ1) is 22.2. The molecule has 11 heteroatoms. The van der Waals surface area contributed by atoms with Gasteiger partial charge in [-0.25, -0.2) is 4.98 Å². The quantitative estimate of drug-likeness (QED) is 0.160. The molecule has 0 saturated carbocycles. The molecular weight excluding hydrogens is 625 g/mol. The van der Waals surface area contributed by atoms with Gasteiger partial charge in [-0.05, 0) is 38.6 Å². The normalized spacial score (nSPS) is 15.2. The van der Waals surface area contributed by atoms with Crippen LogP contribution in [0.2, 0.25) is 10.0 Å². The lowest BCUT2D eigenvalue weighted by atomic mass is 9.99. The largest absolute Gasteiger partial charge is 0.496 e. The second-order valence-electron chi connectivity index (χ2n) is 11.6. The number of nitrogens with zero attached hydrogens (tertiary/aromatic N) is 3. The second kappa shape index (κ2) is 15.2. The van der Waals surface area contributed by atoms with Crippen LogP contribution in [-0.2, 0) is 17.9 Å². The van der Waals surface area contributed by atoms with Crippen LogP contribution in [0.25, 0.3) is 33.6 Å². The maximum Gasteiger partial charge on any atom is 0.220 e. The van der Waals surface area contributed by atoms with E-state index >= 15 is 0 Å². The number of pyridine rings is 2. The summed E-state index contributed by atoms with van der Waals surface area (Å²) in [4.78, 5) is 22.9. The molecule has 0 unspecified atom stereocenters. The lowest BCUT2D eigenvalue weighted by molar-refractivity contribution is -0.119. The number of ether oxygens (including phenoxy) is 2. The Bertz CT molecular complexity index is 1700. The third-order valence-corrected chi connectivity index (χ3v) is 8.74. The molecule has 0 spiro atoms. The standard InChI is InChI=1S/C35H39Cl2N5O4/c1-21(43)19-42(2)20-24-9-8-22(16-30(24)45-3)34-33(37)27(14-15-39-34)26-6-5-7-28(32(26)36)29-12-10-23(35(41-29)46-4)17-38-18-25-11-13-31(44)40-25/h5-10,12,14-16,21,25,38,43H,11,13,17-20H2,1-4H3,(H,40,44)/t21-,25-/m1/s1. The van der Waals surface area contributed by atoms with Crippen LogP contribution in [-0.4, -0.2) is 72.4 Å². The van der Waals surface area contributed by atoms with E-state index in [-0.39, 0.29) is 11.9 Å². The molecule has 1 fully saturated rings. The zero-order valence-electron chi connectivity index (χ0n) is 26.4. The highest BCUT2D eigenvalue weighted by atomic mass is 35.5. The van der Waals surface area contributed by atoms with Crippen molar-refractivity contribution in [3.63, 3.8) is 0 Å². The fourth-order valence-electron chi connectivity index (χ4n) is 5.76. The summed E-state index contributed by atoms with van der Waals surface area (Å²) in [5.41, 5.74) is 6.21. The highest BCUT2D eigenvalue weighted by Gasteiger charge is 2.21. The number of hydrogen-bond acceptors (Lipinski definition) is 8. The number of likely N-dealkylation sites (N-methyl/N-ethyl adjacent to an activating group) is 1. The zero-order chi connectivity index (χ0) is 32.8. The number of nitrogens with one attached hydrogen (secondary N) is 2. The highest BCUT2D eigenvalue weighted by Crippen LogP contribution is 2.42. The number of amides is 1. The molecule has 5 rings (SSSR count). The van der Waals surface area contributed by atoms with E-state index < -0.39 is 6.10 Å². The first-order valence-electron chi connectivity index (χ1n) is 15.2.